The number of ether oxygens (including phenoxy) is 3. The van der Waals surface area contributed by atoms with Gasteiger partial charge in [0.25, 0.3) is 0 Å². The lowest BCUT2D eigenvalue weighted by Crippen LogP contribution is -2.48. The minimum Gasteiger partial charge on any atom is -0.484 e. The first-order chi connectivity index (χ1) is 13.2. The van der Waals surface area contributed by atoms with Gasteiger partial charge in [0.2, 0.25) is 10.0 Å². The van der Waals surface area contributed by atoms with Crippen LogP contribution in [0.4, 0.5) is 26.3 Å². The number of halogens is 6. The van der Waals surface area contributed by atoms with Gasteiger partial charge in [-0.15, -0.1) is 0 Å². The molecule has 1 saturated heterocycles. The van der Waals surface area contributed by atoms with Gasteiger partial charge in [-0.25, -0.2) is 8.42 Å². The Labute approximate surface area is 163 Å². The summed E-state index contributed by atoms with van der Waals surface area (Å²) in [6.07, 6.45) is -10.4. The SMILES string of the molecule is CC1CN(S(=O)(=O)c2cc(OCC(F)(F)F)ccc2OCC(F)(F)F)CC(C)O1. The number of nitrogens with zero attached hydrogens (tertiary/aromatic N) is 1. The number of sulfonamides is 1. The first kappa shape index (κ1) is 23.5. The van der Waals surface area contributed by atoms with Crippen LogP contribution in [0.5, 0.6) is 11.5 Å². The highest BCUT2D eigenvalue weighted by Crippen LogP contribution is 2.33. The molecule has 1 fully saturated rings. The van der Waals surface area contributed by atoms with Crippen molar-refractivity contribution in [3.8, 4) is 11.5 Å². The predicted octanol–water partition coefficient (Wildman–Crippen LogP) is 3.37. The van der Waals surface area contributed by atoms with Crippen LogP contribution < -0.4 is 9.47 Å². The molecule has 1 aromatic rings. The monoisotopic (exact) mass is 451 g/mol. The fourth-order valence-corrected chi connectivity index (χ4v) is 4.43. The minimum atomic E-state index is -4.74. The van der Waals surface area contributed by atoms with E-state index in [9.17, 15) is 34.8 Å². The van der Waals surface area contributed by atoms with Gasteiger partial charge >= 0.3 is 12.4 Å². The second kappa shape index (κ2) is 8.56. The van der Waals surface area contributed by atoms with Crippen molar-refractivity contribution in [1.82, 2.24) is 4.31 Å². The summed E-state index contributed by atoms with van der Waals surface area (Å²) in [6.45, 7) is -0.405. The number of benzene rings is 1. The number of alkyl halides is 6. The van der Waals surface area contributed by atoms with E-state index in [4.69, 9.17) is 4.74 Å². The van der Waals surface area contributed by atoms with Gasteiger partial charge < -0.3 is 14.2 Å². The number of hydrogen-bond donors (Lipinski definition) is 0. The standard InChI is InChI=1S/C16H19F6NO5S/c1-10-6-23(7-11(2)28-10)29(24,25)14-5-12(26-8-15(17,18)19)3-4-13(14)27-9-16(20,21)22/h3-5,10-11H,6-9H2,1-2H3. The van der Waals surface area contributed by atoms with Crippen LogP contribution in [0.3, 0.4) is 0 Å². The quantitative estimate of drug-likeness (QED) is 0.621. The molecule has 1 aliphatic heterocycles. The van der Waals surface area contributed by atoms with Crippen LogP contribution in [0, 0.1) is 0 Å². The Bertz CT molecular complexity index is 801. The van der Waals surface area contributed by atoms with Crippen LogP contribution in [0.25, 0.3) is 0 Å². The van der Waals surface area contributed by atoms with E-state index in [1.165, 1.54) is 0 Å². The lowest BCUT2D eigenvalue weighted by Gasteiger charge is -2.34. The van der Waals surface area contributed by atoms with Gasteiger partial charge in [-0.2, -0.15) is 30.6 Å². The molecule has 0 aliphatic carbocycles. The first-order valence-electron chi connectivity index (χ1n) is 8.36. The fraction of sp³-hybridized carbons (Fsp3) is 0.625. The van der Waals surface area contributed by atoms with E-state index in [0.717, 1.165) is 22.5 Å². The smallest absolute Gasteiger partial charge is 0.422 e. The van der Waals surface area contributed by atoms with E-state index < -0.39 is 64.2 Å². The molecule has 2 rings (SSSR count). The van der Waals surface area contributed by atoms with Gasteiger partial charge in [0, 0.05) is 19.2 Å². The van der Waals surface area contributed by atoms with Gasteiger partial charge in [-0.05, 0) is 26.0 Å². The van der Waals surface area contributed by atoms with Crippen LogP contribution in [0.1, 0.15) is 13.8 Å². The molecule has 1 heterocycles. The molecule has 1 aromatic carbocycles. The van der Waals surface area contributed by atoms with E-state index in [1.807, 2.05) is 0 Å². The molecule has 2 unspecified atom stereocenters. The molecule has 0 spiro atoms. The molecule has 0 N–H and O–H groups in total. The van der Waals surface area contributed by atoms with E-state index in [2.05, 4.69) is 9.47 Å². The average Bonchev–Trinajstić information content (AvgIpc) is 2.56. The average molecular weight is 451 g/mol. The summed E-state index contributed by atoms with van der Waals surface area (Å²) in [4.78, 5) is -0.720. The van der Waals surface area contributed by atoms with Gasteiger partial charge in [0.05, 0.1) is 12.2 Å². The topological polar surface area (TPSA) is 65.1 Å². The van der Waals surface area contributed by atoms with Crippen molar-refractivity contribution in [1.29, 1.82) is 0 Å². The summed E-state index contributed by atoms with van der Waals surface area (Å²) in [5.41, 5.74) is 0. The van der Waals surface area contributed by atoms with Crippen LogP contribution in [0.15, 0.2) is 23.1 Å². The molecule has 0 aromatic heterocycles. The van der Waals surface area contributed by atoms with Gasteiger partial charge in [-0.3, -0.25) is 0 Å². The summed E-state index contributed by atoms with van der Waals surface area (Å²) < 4.78 is 116. The first-order valence-corrected chi connectivity index (χ1v) is 9.80. The maximum Gasteiger partial charge on any atom is 0.422 e. The Balaban J connectivity index is 2.40. The third-order valence-corrected chi connectivity index (χ3v) is 5.57. The maximum absolute atomic E-state index is 13.0. The molecule has 0 amide bonds. The highest BCUT2D eigenvalue weighted by atomic mass is 32.2. The molecule has 0 bridgehead atoms. The highest BCUT2D eigenvalue weighted by Gasteiger charge is 2.36. The van der Waals surface area contributed by atoms with Crippen molar-refractivity contribution in [3.63, 3.8) is 0 Å². The van der Waals surface area contributed by atoms with Crippen LogP contribution in [-0.2, 0) is 14.8 Å². The molecule has 1 aliphatic rings. The Morgan fingerprint density at radius 1 is 1.00 bits per heavy atom. The Hall–Kier alpha value is -1.73. The fourth-order valence-electron chi connectivity index (χ4n) is 2.69. The van der Waals surface area contributed by atoms with Crippen molar-refractivity contribution in [2.24, 2.45) is 0 Å². The van der Waals surface area contributed by atoms with Crippen molar-refractivity contribution in [3.05, 3.63) is 18.2 Å². The summed E-state index contributed by atoms with van der Waals surface area (Å²) in [5.74, 6) is -1.12. The number of hydrogen-bond acceptors (Lipinski definition) is 5. The summed E-state index contributed by atoms with van der Waals surface area (Å²) in [5, 5.41) is 0. The molecular weight excluding hydrogens is 432 g/mol. The predicted molar refractivity (Wildman–Crippen MR) is 88.3 cm³/mol. The number of morpholine rings is 1. The second-order valence-corrected chi connectivity index (χ2v) is 8.40. The lowest BCUT2D eigenvalue weighted by atomic mass is 10.3. The molecular formula is C16H19F6NO5S. The van der Waals surface area contributed by atoms with Crippen molar-refractivity contribution < 1.29 is 49.0 Å². The molecule has 29 heavy (non-hydrogen) atoms. The Morgan fingerprint density at radius 2 is 1.52 bits per heavy atom. The summed E-state index contributed by atoms with van der Waals surface area (Å²) >= 11 is 0. The van der Waals surface area contributed by atoms with E-state index in [0.29, 0.717) is 0 Å². The summed E-state index contributed by atoms with van der Waals surface area (Å²) in [6, 6.07) is 2.45. The van der Waals surface area contributed by atoms with E-state index in [-0.39, 0.29) is 13.1 Å². The third kappa shape index (κ3) is 6.93. The molecule has 166 valence electrons. The Morgan fingerprint density at radius 3 is 2.03 bits per heavy atom. The van der Waals surface area contributed by atoms with E-state index in [1.54, 1.807) is 13.8 Å². The molecule has 0 saturated carbocycles. The molecule has 0 radical (unpaired) electrons. The zero-order valence-electron chi connectivity index (χ0n) is 15.4. The third-order valence-electron chi connectivity index (χ3n) is 3.71. The summed E-state index contributed by atoms with van der Waals surface area (Å²) in [7, 11) is -4.40. The minimum absolute atomic E-state index is 0.0843. The molecule has 6 nitrogen and oxygen atoms in total. The maximum atomic E-state index is 13.0. The van der Waals surface area contributed by atoms with Gasteiger partial charge in [0.1, 0.15) is 16.4 Å². The second-order valence-electron chi connectivity index (χ2n) is 6.50. The van der Waals surface area contributed by atoms with Crippen molar-refractivity contribution in [2.45, 2.75) is 43.3 Å². The Kier molecular flexibility index (Phi) is 6.95. The zero-order chi connectivity index (χ0) is 22.0. The molecule has 13 heteroatoms. The van der Waals surface area contributed by atoms with E-state index >= 15 is 0 Å². The largest absolute Gasteiger partial charge is 0.484 e. The lowest BCUT2D eigenvalue weighted by molar-refractivity contribution is -0.154. The van der Waals surface area contributed by atoms with Crippen LogP contribution in [-0.4, -0.2) is 63.6 Å². The normalized spacial score (nSPS) is 21.8. The number of rotatable bonds is 6. The van der Waals surface area contributed by atoms with Crippen LogP contribution in [0.2, 0.25) is 0 Å². The van der Waals surface area contributed by atoms with Crippen LogP contribution >= 0.6 is 0 Å². The van der Waals surface area contributed by atoms with Crippen molar-refractivity contribution in [2.75, 3.05) is 26.3 Å². The molecule has 2 atom stereocenters. The highest BCUT2D eigenvalue weighted by molar-refractivity contribution is 7.89. The van der Waals surface area contributed by atoms with Gasteiger partial charge in [0.15, 0.2) is 13.2 Å². The van der Waals surface area contributed by atoms with Crippen molar-refractivity contribution >= 4 is 10.0 Å². The van der Waals surface area contributed by atoms with Gasteiger partial charge in [-0.1, -0.05) is 0 Å². The zero-order valence-corrected chi connectivity index (χ0v) is 16.2.